The molecule has 0 bridgehead atoms. The van der Waals surface area contributed by atoms with Gasteiger partial charge in [-0.25, -0.2) is 4.98 Å². The molecule has 2 atom stereocenters. The zero-order valence-electron chi connectivity index (χ0n) is 11.6. The van der Waals surface area contributed by atoms with Gasteiger partial charge in [0.1, 0.15) is 11.1 Å². The Kier molecular flexibility index (Phi) is 4.99. The summed E-state index contributed by atoms with van der Waals surface area (Å²) in [7, 11) is 0. The predicted molar refractivity (Wildman–Crippen MR) is 76.3 cm³/mol. The van der Waals surface area contributed by atoms with Gasteiger partial charge >= 0.3 is 0 Å². The molecule has 1 fully saturated rings. The smallest absolute Gasteiger partial charge is 0.233 e. The molecule has 0 saturated carbocycles. The van der Waals surface area contributed by atoms with Gasteiger partial charge in [-0.05, 0) is 26.0 Å². The summed E-state index contributed by atoms with van der Waals surface area (Å²) in [5.41, 5.74) is 0.508. The first kappa shape index (κ1) is 14.8. The Bertz CT molecular complexity index is 519. The van der Waals surface area contributed by atoms with Gasteiger partial charge in [-0.15, -0.1) is 0 Å². The molecule has 0 aliphatic carbocycles. The number of morpholine rings is 1. The molecule has 1 amide bonds. The van der Waals surface area contributed by atoms with Crippen molar-refractivity contribution < 1.29 is 9.53 Å². The van der Waals surface area contributed by atoms with Gasteiger partial charge in [-0.1, -0.05) is 11.8 Å². The van der Waals surface area contributed by atoms with E-state index in [2.05, 4.69) is 11.1 Å². The molecule has 20 heavy (non-hydrogen) atoms. The molecular weight excluding hydrogens is 274 g/mol. The van der Waals surface area contributed by atoms with Crippen LogP contribution in [-0.4, -0.2) is 46.8 Å². The van der Waals surface area contributed by atoms with Crippen molar-refractivity contribution in [2.45, 2.75) is 31.1 Å². The first-order chi connectivity index (χ1) is 9.60. The molecular formula is C14H17N3O2S. The highest BCUT2D eigenvalue weighted by atomic mass is 32.2. The van der Waals surface area contributed by atoms with Gasteiger partial charge in [0.15, 0.2) is 0 Å². The summed E-state index contributed by atoms with van der Waals surface area (Å²) < 4.78 is 5.61. The molecule has 0 radical (unpaired) electrons. The van der Waals surface area contributed by atoms with Crippen LogP contribution in [0.2, 0.25) is 0 Å². The second-order valence-corrected chi connectivity index (χ2v) is 5.78. The van der Waals surface area contributed by atoms with Crippen LogP contribution in [0.5, 0.6) is 0 Å². The summed E-state index contributed by atoms with van der Waals surface area (Å²) in [6, 6.07) is 5.51. The second kappa shape index (κ2) is 6.73. The van der Waals surface area contributed by atoms with Gasteiger partial charge in [-0.2, -0.15) is 5.26 Å². The fraction of sp³-hybridized carbons (Fsp3) is 0.500. The molecule has 0 aromatic carbocycles. The molecule has 106 valence electrons. The standard InChI is InChI=1S/C14H17N3O2S/c1-10-7-17(8-11(2)19-10)13(18)9-20-14-12(6-15)4-3-5-16-14/h3-5,10-11H,7-9H2,1-2H3/t10-,11+. The molecule has 6 heteroatoms. The fourth-order valence-corrected chi connectivity index (χ4v) is 3.04. The lowest BCUT2D eigenvalue weighted by Gasteiger charge is -2.35. The van der Waals surface area contributed by atoms with Crippen LogP contribution >= 0.6 is 11.8 Å². The molecule has 2 rings (SSSR count). The van der Waals surface area contributed by atoms with E-state index in [0.717, 1.165) is 0 Å². The Morgan fingerprint density at radius 2 is 2.25 bits per heavy atom. The number of hydrogen-bond donors (Lipinski definition) is 0. The Morgan fingerprint density at radius 3 is 2.90 bits per heavy atom. The Hall–Kier alpha value is -1.58. The van der Waals surface area contributed by atoms with Crippen molar-refractivity contribution in [2.24, 2.45) is 0 Å². The summed E-state index contributed by atoms with van der Waals surface area (Å²) in [4.78, 5) is 18.2. The van der Waals surface area contributed by atoms with Crippen LogP contribution in [0, 0.1) is 11.3 Å². The summed E-state index contributed by atoms with van der Waals surface area (Å²) in [6.07, 6.45) is 1.77. The van der Waals surface area contributed by atoms with Gasteiger partial charge < -0.3 is 9.64 Å². The van der Waals surface area contributed by atoms with Crippen molar-refractivity contribution >= 4 is 17.7 Å². The first-order valence-electron chi connectivity index (χ1n) is 6.51. The number of hydrogen-bond acceptors (Lipinski definition) is 5. The lowest BCUT2D eigenvalue weighted by Crippen LogP contribution is -2.48. The molecule has 0 unspecified atom stereocenters. The summed E-state index contributed by atoms with van der Waals surface area (Å²) in [5, 5.41) is 9.60. The largest absolute Gasteiger partial charge is 0.372 e. The molecule has 1 aromatic rings. The number of nitrogens with zero attached hydrogens (tertiary/aromatic N) is 3. The van der Waals surface area contributed by atoms with Crippen LogP contribution in [-0.2, 0) is 9.53 Å². The van der Waals surface area contributed by atoms with Gasteiger partial charge in [0, 0.05) is 19.3 Å². The molecule has 1 aliphatic rings. The maximum Gasteiger partial charge on any atom is 0.233 e. The number of thioether (sulfide) groups is 1. The van der Waals surface area contributed by atoms with E-state index >= 15 is 0 Å². The third-order valence-corrected chi connectivity index (χ3v) is 3.99. The van der Waals surface area contributed by atoms with E-state index in [1.807, 2.05) is 18.7 Å². The van der Waals surface area contributed by atoms with E-state index in [0.29, 0.717) is 29.4 Å². The van der Waals surface area contributed by atoms with Crippen molar-refractivity contribution in [3.05, 3.63) is 23.9 Å². The fourth-order valence-electron chi connectivity index (χ4n) is 2.19. The van der Waals surface area contributed by atoms with E-state index in [4.69, 9.17) is 10.00 Å². The molecule has 0 N–H and O–H groups in total. The van der Waals surface area contributed by atoms with Crippen LogP contribution in [0.3, 0.4) is 0 Å². The maximum absolute atomic E-state index is 12.2. The van der Waals surface area contributed by atoms with Crippen molar-refractivity contribution in [1.29, 1.82) is 5.26 Å². The number of ether oxygens (including phenoxy) is 1. The van der Waals surface area contributed by atoms with Crippen LogP contribution in [0.1, 0.15) is 19.4 Å². The molecule has 1 aromatic heterocycles. The number of carbonyl (C=O) groups is 1. The summed E-state index contributed by atoms with van der Waals surface area (Å²) in [6.45, 7) is 5.18. The van der Waals surface area contributed by atoms with Gasteiger partial charge in [-0.3, -0.25) is 4.79 Å². The molecule has 1 saturated heterocycles. The third-order valence-electron chi connectivity index (χ3n) is 3.00. The minimum absolute atomic E-state index is 0.0616. The minimum Gasteiger partial charge on any atom is -0.372 e. The quantitative estimate of drug-likeness (QED) is 0.793. The van der Waals surface area contributed by atoms with E-state index < -0.39 is 0 Å². The number of carbonyl (C=O) groups excluding carboxylic acids is 1. The number of amides is 1. The van der Waals surface area contributed by atoms with E-state index in [-0.39, 0.29) is 18.1 Å². The average Bonchev–Trinajstić information content (AvgIpc) is 2.44. The van der Waals surface area contributed by atoms with Crippen molar-refractivity contribution in [3.63, 3.8) is 0 Å². The average molecular weight is 291 g/mol. The third kappa shape index (κ3) is 3.71. The SMILES string of the molecule is C[C@@H]1CN(C(=O)CSc2ncccc2C#N)C[C@H](C)O1. The highest BCUT2D eigenvalue weighted by Gasteiger charge is 2.25. The Labute approximate surface area is 122 Å². The van der Waals surface area contributed by atoms with Gasteiger partial charge in [0.25, 0.3) is 0 Å². The highest BCUT2D eigenvalue weighted by Crippen LogP contribution is 2.20. The van der Waals surface area contributed by atoms with Crippen LogP contribution in [0.25, 0.3) is 0 Å². The number of pyridine rings is 1. The summed E-state index contributed by atoms with van der Waals surface area (Å²) >= 11 is 1.31. The number of aromatic nitrogens is 1. The highest BCUT2D eigenvalue weighted by molar-refractivity contribution is 7.99. The van der Waals surface area contributed by atoms with Crippen molar-refractivity contribution in [3.8, 4) is 6.07 Å². The Balaban J connectivity index is 1.94. The topological polar surface area (TPSA) is 66.2 Å². The zero-order chi connectivity index (χ0) is 14.5. The van der Waals surface area contributed by atoms with E-state index in [9.17, 15) is 4.79 Å². The van der Waals surface area contributed by atoms with Crippen molar-refractivity contribution in [1.82, 2.24) is 9.88 Å². The van der Waals surface area contributed by atoms with Crippen LogP contribution in [0.4, 0.5) is 0 Å². The van der Waals surface area contributed by atoms with Gasteiger partial charge in [0.2, 0.25) is 5.91 Å². The van der Waals surface area contributed by atoms with Crippen LogP contribution in [0.15, 0.2) is 23.4 Å². The zero-order valence-corrected chi connectivity index (χ0v) is 12.4. The Morgan fingerprint density at radius 1 is 1.55 bits per heavy atom. The molecule has 1 aliphatic heterocycles. The maximum atomic E-state index is 12.2. The van der Waals surface area contributed by atoms with Gasteiger partial charge in [0.05, 0.1) is 23.5 Å². The summed E-state index contributed by atoms with van der Waals surface area (Å²) in [5.74, 6) is 0.358. The lowest BCUT2D eigenvalue weighted by molar-refractivity contribution is -0.140. The number of nitriles is 1. The second-order valence-electron chi connectivity index (χ2n) is 4.81. The van der Waals surface area contributed by atoms with E-state index in [1.165, 1.54) is 11.8 Å². The predicted octanol–water partition coefficient (Wildman–Crippen LogP) is 1.68. The van der Waals surface area contributed by atoms with E-state index in [1.54, 1.807) is 18.3 Å². The van der Waals surface area contributed by atoms with Crippen molar-refractivity contribution in [2.75, 3.05) is 18.8 Å². The first-order valence-corrected chi connectivity index (χ1v) is 7.50. The molecule has 2 heterocycles. The minimum atomic E-state index is 0.0616. The van der Waals surface area contributed by atoms with Crippen LogP contribution < -0.4 is 0 Å². The lowest BCUT2D eigenvalue weighted by atomic mass is 10.2. The normalized spacial score (nSPS) is 22.4. The molecule has 5 nitrogen and oxygen atoms in total. The number of rotatable bonds is 3. The monoisotopic (exact) mass is 291 g/mol. The molecule has 0 spiro atoms.